The van der Waals surface area contributed by atoms with Gasteiger partial charge in [-0.15, -0.1) is 0 Å². The minimum atomic E-state index is -0.570. The molecule has 0 aromatic heterocycles. The first-order valence-electron chi connectivity index (χ1n) is 7.37. The van der Waals surface area contributed by atoms with Crippen molar-refractivity contribution >= 4 is 5.91 Å². The van der Waals surface area contributed by atoms with Gasteiger partial charge in [-0.05, 0) is 39.2 Å². The Morgan fingerprint density at radius 1 is 1.33 bits per heavy atom. The molecule has 1 unspecified atom stereocenters. The third-order valence-electron chi connectivity index (χ3n) is 4.41. The van der Waals surface area contributed by atoms with Crippen LogP contribution in [0.25, 0.3) is 0 Å². The van der Waals surface area contributed by atoms with E-state index in [-0.39, 0.29) is 5.91 Å². The molecule has 2 fully saturated rings. The van der Waals surface area contributed by atoms with Crippen LogP contribution in [0.2, 0.25) is 0 Å². The molecule has 0 radical (unpaired) electrons. The van der Waals surface area contributed by atoms with E-state index in [1.54, 1.807) is 0 Å². The number of likely N-dealkylation sites (N-methyl/N-ethyl adjacent to an activating group) is 1. The van der Waals surface area contributed by atoms with Gasteiger partial charge in [0.05, 0.1) is 0 Å². The van der Waals surface area contributed by atoms with Gasteiger partial charge >= 0.3 is 0 Å². The Hall–Kier alpha value is -0.610. The smallest absolute Gasteiger partial charge is 0.238 e. The zero-order valence-electron chi connectivity index (χ0n) is 11.7. The Kier molecular flexibility index (Phi) is 4.28. The number of rotatable bonds is 7. The van der Waals surface area contributed by atoms with E-state index in [0.717, 1.165) is 13.1 Å². The van der Waals surface area contributed by atoms with Crippen molar-refractivity contribution in [3.63, 3.8) is 0 Å². The van der Waals surface area contributed by atoms with Gasteiger partial charge in [0.2, 0.25) is 5.91 Å². The van der Waals surface area contributed by atoms with Crippen LogP contribution < -0.4 is 11.1 Å². The molecule has 0 bridgehead atoms. The van der Waals surface area contributed by atoms with E-state index in [9.17, 15) is 4.79 Å². The number of carbonyl (C=O) groups is 1. The summed E-state index contributed by atoms with van der Waals surface area (Å²) in [5, 5.41) is 3.44. The highest BCUT2D eigenvalue weighted by molar-refractivity contribution is 5.84. The van der Waals surface area contributed by atoms with Crippen LogP contribution in [0.1, 0.15) is 52.4 Å². The number of nitrogens with two attached hydrogens (primary N) is 1. The molecule has 2 aliphatic carbocycles. The third-order valence-corrected chi connectivity index (χ3v) is 4.41. The maximum Gasteiger partial charge on any atom is 0.238 e. The van der Waals surface area contributed by atoms with Crippen LogP contribution in [0.3, 0.4) is 0 Å². The molecule has 18 heavy (non-hydrogen) atoms. The summed E-state index contributed by atoms with van der Waals surface area (Å²) in [6.45, 7) is 5.89. The molecular formula is C14H27N3O. The van der Waals surface area contributed by atoms with Crippen LogP contribution in [0, 0.1) is 0 Å². The first-order chi connectivity index (χ1) is 8.55. The number of primary amides is 1. The van der Waals surface area contributed by atoms with Gasteiger partial charge in [0.25, 0.3) is 0 Å². The fourth-order valence-electron chi connectivity index (χ4n) is 3.05. The average molecular weight is 253 g/mol. The SMILES string of the molecule is CCN(CC(C)(NC1CC1)C(N)=O)C1CCCC1. The normalized spacial score (nSPS) is 24.4. The molecule has 4 heteroatoms. The van der Waals surface area contributed by atoms with Gasteiger partial charge in [-0.3, -0.25) is 15.0 Å². The Labute approximate surface area is 110 Å². The monoisotopic (exact) mass is 253 g/mol. The van der Waals surface area contributed by atoms with Gasteiger partial charge in [-0.1, -0.05) is 19.8 Å². The number of nitrogens with zero attached hydrogens (tertiary/aromatic N) is 1. The van der Waals surface area contributed by atoms with E-state index in [0.29, 0.717) is 12.1 Å². The second-order valence-corrected chi connectivity index (χ2v) is 6.12. The van der Waals surface area contributed by atoms with Crippen LogP contribution in [0.5, 0.6) is 0 Å². The van der Waals surface area contributed by atoms with Crippen LogP contribution in [0.4, 0.5) is 0 Å². The van der Waals surface area contributed by atoms with Gasteiger partial charge in [0.1, 0.15) is 5.54 Å². The second kappa shape index (κ2) is 5.57. The minimum Gasteiger partial charge on any atom is -0.368 e. The van der Waals surface area contributed by atoms with Crippen LogP contribution in [-0.2, 0) is 4.79 Å². The summed E-state index contributed by atoms with van der Waals surface area (Å²) in [5.74, 6) is -0.217. The minimum absolute atomic E-state index is 0.217. The lowest BCUT2D eigenvalue weighted by atomic mass is 9.99. The standard InChI is InChI=1S/C14H27N3O/c1-3-17(12-6-4-5-7-12)10-14(2,13(15)18)16-11-8-9-11/h11-12,16H,3-10H2,1-2H3,(H2,15,18). The summed E-state index contributed by atoms with van der Waals surface area (Å²) in [6.07, 6.45) is 7.55. The summed E-state index contributed by atoms with van der Waals surface area (Å²) in [4.78, 5) is 14.2. The number of carbonyl (C=O) groups excluding carboxylic acids is 1. The molecule has 0 saturated heterocycles. The molecule has 2 aliphatic rings. The second-order valence-electron chi connectivity index (χ2n) is 6.12. The molecule has 3 N–H and O–H groups in total. The largest absolute Gasteiger partial charge is 0.368 e. The molecule has 2 saturated carbocycles. The maximum atomic E-state index is 11.8. The zero-order valence-corrected chi connectivity index (χ0v) is 11.7. The molecule has 104 valence electrons. The summed E-state index contributed by atoms with van der Waals surface area (Å²) < 4.78 is 0. The summed E-state index contributed by atoms with van der Waals surface area (Å²) in [6, 6.07) is 1.15. The van der Waals surface area contributed by atoms with Crippen molar-refractivity contribution in [3.05, 3.63) is 0 Å². The molecule has 0 heterocycles. The van der Waals surface area contributed by atoms with Crippen molar-refractivity contribution in [2.75, 3.05) is 13.1 Å². The molecule has 0 aliphatic heterocycles. The molecule has 0 aromatic rings. The number of nitrogens with one attached hydrogen (secondary N) is 1. The van der Waals surface area contributed by atoms with E-state index in [4.69, 9.17) is 5.73 Å². The molecule has 0 spiro atoms. The lowest BCUT2D eigenvalue weighted by Crippen LogP contribution is -2.61. The van der Waals surface area contributed by atoms with Crippen LogP contribution in [-0.4, -0.2) is 41.5 Å². The Morgan fingerprint density at radius 3 is 2.39 bits per heavy atom. The average Bonchev–Trinajstić information content (AvgIpc) is 2.97. The fourth-order valence-corrected chi connectivity index (χ4v) is 3.05. The van der Waals surface area contributed by atoms with E-state index >= 15 is 0 Å². The highest BCUT2D eigenvalue weighted by Gasteiger charge is 2.39. The molecule has 1 atom stereocenters. The van der Waals surface area contributed by atoms with Crippen molar-refractivity contribution in [1.82, 2.24) is 10.2 Å². The van der Waals surface area contributed by atoms with E-state index in [1.165, 1.54) is 38.5 Å². The van der Waals surface area contributed by atoms with Crippen molar-refractivity contribution in [3.8, 4) is 0 Å². The third kappa shape index (κ3) is 3.23. The molecule has 2 rings (SSSR count). The lowest BCUT2D eigenvalue weighted by Gasteiger charge is -2.36. The Balaban J connectivity index is 1.98. The van der Waals surface area contributed by atoms with Gasteiger partial charge < -0.3 is 5.73 Å². The molecule has 4 nitrogen and oxygen atoms in total. The highest BCUT2D eigenvalue weighted by Crippen LogP contribution is 2.27. The van der Waals surface area contributed by atoms with Gasteiger partial charge in [-0.25, -0.2) is 0 Å². The fraction of sp³-hybridized carbons (Fsp3) is 0.929. The highest BCUT2D eigenvalue weighted by atomic mass is 16.1. The van der Waals surface area contributed by atoms with E-state index < -0.39 is 5.54 Å². The summed E-state index contributed by atoms with van der Waals surface area (Å²) >= 11 is 0. The lowest BCUT2D eigenvalue weighted by molar-refractivity contribution is -0.124. The van der Waals surface area contributed by atoms with Crippen molar-refractivity contribution in [2.45, 2.75) is 70.0 Å². The predicted octanol–water partition coefficient (Wildman–Crippen LogP) is 1.25. The van der Waals surface area contributed by atoms with Crippen molar-refractivity contribution < 1.29 is 4.79 Å². The zero-order chi connectivity index (χ0) is 13.2. The predicted molar refractivity (Wildman–Crippen MR) is 73.3 cm³/mol. The summed E-state index contributed by atoms with van der Waals surface area (Å²) in [7, 11) is 0. The number of amides is 1. The number of hydrogen-bond acceptors (Lipinski definition) is 3. The van der Waals surface area contributed by atoms with Crippen molar-refractivity contribution in [1.29, 1.82) is 0 Å². The Bertz CT molecular complexity index is 297. The van der Waals surface area contributed by atoms with Gasteiger partial charge in [0.15, 0.2) is 0 Å². The van der Waals surface area contributed by atoms with E-state index in [2.05, 4.69) is 17.1 Å². The first kappa shape index (κ1) is 13.8. The van der Waals surface area contributed by atoms with Crippen molar-refractivity contribution in [2.24, 2.45) is 5.73 Å². The van der Waals surface area contributed by atoms with Crippen LogP contribution >= 0.6 is 0 Å². The van der Waals surface area contributed by atoms with Crippen LogP contribution in [0.15, 0.2) is 0 Å². The quantitative estimate of drug-likeness (QED) is 0.718. The molecular weight excluding hydrogens is 226 g/mol. The van der Waals surface area contributed by atoms with Gasteiger partial charge in [0, 0.05) is 18.6 Å². The summed E-state index contributed by atoms with van der Waals surface area (Å²) in [5.41, 5.74) is 5.05. The maximum absolute atomic E-state index is 11.8. The first-order valence-corrected chi connectivity index (χ1v) is 7.37. The Morgan fingerprint density at radius 2 is 1.94 bits per heavy atom. The number of hydrogen-bond donors (Lipinski definition) is 2. The molecule has 0 aromatic carbocycles. The van der Waals surface area contributed by atoms with Gasteiger partial charge in [-0.2, -0.15) is 0 Å². The van der Waals surface area contributed by atoms with E-state index in [1.807, 2.05) is 6.92 Å². The molecule has 1 amide bonds. The topological polar surface area (TPSA) is 58.4 Å².